The Kier molecular flexibility index (Phi) is 4.39. The van der Waals surface area contributed by atoms with Crippen molar-refractivity contribution in [1.29, 1.82) is 0 Å². The van der Waals surface area contributed by atoms with E-state index >= 15 is 0 Å². The van der Waals surface area contributed by atoms with Gasteiger partial charge in [0.15, 0.2) is 18.2 Å². The molecule has 0 saturated heterocycles. The first kappa shape index (κ1) is 16.9. The van der Waals surface area contributed by atoms with Crippen molar-refractivity contribution >= 4 is 17.5 Å². The van der Waals surface area contributed by atoms with Crippen molar-refractivity contribution in [1.82, 2.24) is 4.90 Å². The molecule has 130 valence electrons. The Bertz CT molecular complexity index is 854. The topological polar surface area (TPSA) is 58.6 Å². The summed E-state index contributed by atoms with van der Waals surface area (Å²) < 4.78 is 31.8. The van der Waals surface area contributed by atoms with Gasteiger partial charge < -0.3 is 15.0 Å². The SMILES string of the molecule is CC(c1ccc(F)c(F)c1)N(C)C(=O)c1ccc2c(c1)OCC(=O)N2. The molecule has 5 nitrogen and oxygen atoms in total. The first-order valence-corrected chi connectivity index (χ1v) is 7.65. The fraction of sp³-hybridized carbons (Fsp3) is 0.222. The van der Waals surface area contributed by atoms with Gasteiger partial charge in [-0.25, -0.2) is 8.78 Å². The minimum atomic E-state index is -0.955. The number of anilines is 1. The van der Waals surface area contributed by atoms with Crippen molar-refractivity contribution in [3.63, 3.8) is 0 Å². The van der Waals surface area contributed by atoms with E-state index in [4.69, 9.17) is 4.74 Å². The predicted octanol–water partition coefficient (Wildman–Crippen LogP) is 3.13. The fourth-order valence-corrected chi connectivity index (χ4v) is 2.58. The number of benzene rings is 2. The molecule has 1 aliphatic heterocycles. The summed E-state index contributed by atoms with van der Waals surface area (Å²) in [6.07, 6.45) is 0. The van der Waals surface area contributed by atoms with Crippen LogP contribution in [0.15, 0.2) is 36.4 Å². The average molecular weight is 346 g/mol. The largest absolute Gasteiger partial charge is 0.482 e. The van der Waals surface area contributed by atoms with Crippen LogP contribution in [0.2, 0.25) is 0 Å². The molecular formula is C18H16F2N2O3. The Morgan fingerprint density at radius 3 is 2.68 bits per heavy atom. The van der Waals surface area contributed by atoms with Gasteiger partial charge in [-0.05, 0) is 42.8 Å². The van der Waals surface area contributed by atoms with Gasteiger partial charge in [-0.2, -0.15) is 0 Å². The lowest BCUT2D eigenvalue weighted by molar-refractivity contribution is -0.118. The lowest BCUT2D eigenvalue weighted by atomic mass is 10.1. The number of carbonyl (C=O) groups excluding carboxylic acids is 2. The van der Waals surface area contributed by atoms with E-state index in [2.05, 4.69) is 5.32 Å². The molecule has 0 radical (unpaired) electrons. The Labute approximate surface area is 143 Å². The van der Waals surface area contributed by atoms with E-state index in [1.807, 2.05) is 0 Å². The molecule has 2 aromatic rings. The number of halogens is 2. The molecule has 2 amide bonds. The number of nitrogens with zero attached hydrogens (tertiary/aromatic N) is 1. The third-order valence-electron chi connectivity index (χ3n) is 4.19. The molecule has 0 fully saturated rings. The Morgan fingerprint density at radius 1 is 1.20 bits per heavy atom. The summed E-state index contributed by atoms with van der Waals surface area (Å²) in [5.74, 6) is -2.03. The molecule has 0 bridgehead atoms. The number of nitrogens with one attached hydrogen (secondary N) is 1. The lowest BCUT2D eigenvalue weighted by Gasteiger charge is -2.26. The number of amides is 2. The number of ether oxygens (including phenoxy) is 1. The highest BCUT2D eigenvalue weighted by Gasteiger charge is 2.23. The minimum absolute atomic E-state index is 0.105. The molecule has 1 atom stereocenters. The third kappa shape index (κ3) is 3.31. The van der Waals surface area contributed by atoms with Crippen LogP contribution >= 0.6 is 0 Å². The fourth-order valence-electron chi connectivity index (χ4n) is 2.58. The van der Waals surface area contributed by atoms with E-state index in [0.29, 0.717) is 22.6 Å². The van der Waals surface area contributed by atoms with Gasteiger partial charge in [0, 0.05) is 12.6 Å². The summed E-state index contributed by atoms with van der Waals surface area (Å²) in [7, 11) is 1.58. The predicted molar refractivity (Wildman–Crippen MR) is 87.4 cm³/mol. The van der Waals surface area contributed by atoms with E-state index in [-0.39, 0.29) is 18.4 Å². The molecule has 0 saturated carbocycles. The normalized spacial score (nSPS) is 14.2. The molecule has 1 unspecified atom stereocenters. The maximum Gasteiger partial charge on any atom is 0.262 e. The van der Waals surface area contributed by atoms with Gasteiger partial charge in [0.2, 0.25) is 0 Å². The molecule has 0 aliphatic carbocycles. The van der Waals surface area contributed by atoms with Gasteiger partial charge >= 0.3 is 0 Å². The molecule has 1 aliphatic rings. The van der Waals surface area contributed by atoms with Crippen LogP contribution in [0.25, 0.3) is 0 Å². The molecule has 1 N–H and O–H groups in total. The second kappa shape index (κ2) is 6.51. The summed E-state index contributed by atoms with van der Waals surface area (Å²) in [5, 5.41) is 2.65. The van der Waals surface area contributed by atoms with Crippen molar-refractivity contribution in [3.8, 4) is 5.75 Å². The van der Waals surface area contributed by atoms with Crippen LogP contribution in [0.5, 0.6) is 5.75 Å². The van der Waals surface area contributed by atoms with Gasteiger partial charge in [0.05, 0.1) is 11.7 Å². The Morgan fingerprint density at radius 2 is 1.96 bits per heavy atom. The summed E-state index contributed by atoms with van der Waals surface area (Å²) >= 11 is 0. The van der Waals surface area contributed by atoms with Gasteiger partial charge in [0.25, 0.3) is 11.8 Å². The zero-order chi connectivity index (χ0) is 18.1. The van der Waals surface area contributed by atoms with Crippen molar-refractivity contribution < 1.29 is 23.1 Å². The maximum atomic E-state index is 13.4. The quantitative estimate of drug-likeness (QED) is 0.929. The standard InChI is InChI=1S/C18H16F2N2O3/c1-10(11-3-5-13(19)14(20)7-11)22(2)18(24)12-4-6-15-16(8-12)25-9-17(23)21-15/h3-8,10H,9H2,1-2H3,(H,21,23). The molecule has 7 heteroatoms. The van der Waals surface area contributed by atoms with E-state index in [1.165, 1.54) is 11.0 Å². The van der Waals surface area contributed by atoms with Gasteiger partial charge in [-0.15, -0.1) is 0 Å². The summed E-state index contributed by atoms with van der Waals surface area (Å²) in [4.78, 5) is 25.4. The molecule has 25 heavy (non-hydrogen) atoms. The second-order valence-electron chi connectivity index (χ2n) is 5.81. The summed E-state index contributed by atoms with van der Waals surface area (Å²) in [5.41, 5.74) is 1.35. The van der Waals surface area contributed by atoms with Crippen LogP contribution in [0.4, 0.5) is 14.5 Å². The van der Waals surface area contributed by atoms with Gasteiger partial charge in [-0.1, -0.05) is 6.07 Å². The Hall–Kier alpha value is -2.96. The first-order valence-electron chi connectivity index (χ1n) is 7.65. The third-order valence-corrected chi connectivity index (χ3v) is 4.19. The smallest absolute Gasteiger partial charge is 0.262 e. The van der Waals surface area contributed by atoms with Gasteiger partial charge in [0.1, 0.15) is 5.75 Å². The van der Waals surface area contributed by atoms with E-state index < -0.39 is 17.7 Å². The van der Waals surface area contributed by atoms with Crippen molar-refractivity contribution in [2.24, 2.45) is 0 Å². The zero-order valence-electron chi connectivity index (χ0n) is 13.7. The van der Waals surface area contributed by atoms with Crippen molar-refractivity contribution in [2.45, 2.75) is 13.0 Å². The molecule has 0 spiro atoms. The zero-order valence-corrected chi connectivity index (χ0v) is 13.7. The van der Waals surface area contributed by atoms with E-state index in [0.717, 1.165) is 12.1 Å². The number of fused-ring (bicyclic) bond motifs is 1. The highest BCUT2D eigenvalue weighted by atomic mass is 19.2. The van der Waals surface area contributed by atoms with E-state index in [1.54, 1.807) is 32.2 Å². The van der Waals surface area contributed by atoms with Crippen LogP contribution in [-0.4, -0.2) is 30.4 Å². The highest BCUT2D eigenvalue weighted by Crippen LogP contribution is 2.30. The van der Waals surface area contributed by atoms with Crippen molar-refractivity contribution in [3.05, 3.63) is 59.2 Å². The Balaban J connectivity index is 1.82. The molecular weight excluding hydrogens is 330 g/mol. The monoisotopic (exact) mass is 346 g/mol. The van der Waals surface area contributed by atoms with Crippen LogP contribution in [-0.2, 0) is 4.79 Å². The van der Waals surface area contributed by atoms with Gasteiger partial charge in [-0.3, -0.25) is 9.59 Å². The molecule has 2 aromatic carbocycles. The van der Waals surface area contributed by atoms with Crippen LogP contribution in [0.1, 0.15) is 28.9 Å². The van der Waals surface area contributed by atoms with E-state index in [9.17, 15) is 18.4 Å². The number of carbonyl (C=O) groups is 2. The van der Waals surface area contributed by atoms with Crippen LogP contribution in [0, 0.1) is 11.6 Å². The number of hydrogen-bond donors (Lipinski definition) is 1. The maximum absolute atomic E-state index is 13.4. The summed E-state index contributed by atoms with van der Waals surface area (Å²) in [6.45, 7) is 1.62. The average Bonchev–Trinajstić information content (AvgIpc) is 2.61. The minimum Gasteiger partial charge on any atom is -0.482 e. The second-order valence-corrected chi connectivity index (χ2v) is 5.81. The molecule has 0 aromatic heterocycles. The molecule has 3 rings (SSSR count). The first-order chi connectivity index (χ1) is 11.9. The summed E-state index contributed by atoms with van der Waals surface area (Å²) in [6, 6.07) is 7.81. The highest BCUT2D eigenvalue weighted by molar-refractivity contribution is 5.99. The van der Waals surface area contributed by atoms with Crippen LogP contribution < -0.4 is 10.1 Å². The number of hydrogen-bond acceptors (Lipinski definition) is 3. The molecule has 1 heterocycles. The lowest BCUT2D eigenvalue weighted by Crippen LogP contribution is -2.30. The van der Waals surface area contributed by atoms with Crippen molar-refractivity contribution in [2.75, 3.05) is 19.0 Å². The van der Waals surface area contributed by atoms with Crippen LogP contribution in [0.3, 0.4) is 0 Å². The number of rotatable bonds is 3.